The van der Waals surface area contributed by atoms with Crippen LogP contribution in [0.4, 0.5) is 34.1 Å². The molecule has 0 aliphatic carbocycles. The molecule has 7 nitrogen and oxygen atoms in total. The van der Waals surface area contributed by atoms with E-state index < -0.39 is 35.3 Å². The number of thiazole rings is 1. The van der Waals surface area contributed by atoms with Crippen LogP contribution in [0, 0.1) is 22.9 Å². The summed E-state index contributed by atoms with van der Waals surface area (Å²) in [6.45, 7) is 6.16. The maximum atomic E-state index is 13.7. The largest absolute Gasteiger partial charge is 0.449 e. The highest BCUT2D eigenvalue weighted by Gasteiger charge is 2.30. The lowest BCUT2D eigenvalue weighted by Gasteiger charge is -2.28. The number of carbonyl (C=O) groups excluding carboxylic acids is 2. The molecule has 0 radical (unpaired) electrons. The maximum Gasteiger partial charge on any atom is 0.404 e. The average Bonchev–Trinajstić information content (AvgIpc) is 3.21. The summed E-state index contributed by atoms with van der Waals surface area (Å²) in [6.07, 6.45) is 0.870. The Kier molecular flexibility index (Phi) is 7.45. The monoisotopic (exact) mass is 492 g/mol. The first-order valence-corrected chi connectivity index (χ1v) is 11.0. The molecule has 1 unspecified atom stereocenters. The van der Waals surface area contributed by atoms with Gasteiger partial charge in [-0.25, -0.2) is 27.7 Å². The quantitative estimate of drug-likeness (QED) is 0.362. The molecule has 34 heavy (non-hydrogen) atoms. The molecule has 2 aromatic carbocycles. The number of ether oxygens (including phenoxy) is 1. The van der Waals surface area contributed by atoms with Gasteiger partial charge in [0.25, 0.3) is 0 Å². The van der Waals surface area contributed by atoms with Crippen LogP contribution in [-0.2, 0) is 4.74 Å². The molecule has 0 saturated carbocycles. The van der Waals surface area contributed by atoms with Crippen molar-refractivity contribution in [3.05, 3.63) is 65.1 Å². The fraction of sp³-hybridized carbons (Fsp3) is 0.261. The fourth-order valence-electron chi connectivity index (χ4n) is 3.06. The van der Waals surface area contributed by atoms with Crippen molar-refractivity contribution >= 4 is 34.8 Å². The third-order valence-corrected chi connectivity index (χ3v) is 6.10. The number of nitrogens with zero attached hydrogens (tertiary/aromatic N) is 1. The molecule has 4 N–H and O–H groups in total. The summed E-state index contributed by atoms with van der Waals surface area (Å²) in [7, 11) is 0. The first kappa shape index (κ1) is 25.0. The third-order valence-electron chi connectivity index (χ3n) is 4.94. The van der Waals surface area contributed by atoms with Crippen LogP contribution >= 0.6 is 11.3 Å². The Labute approximate surface area is 198 Å². The minimum atomic E-state index is -1.35. The van der Waals surface area contributed by atoms with Gasteiger partial charge in [0.15, 0.2) is 11.6 Å². The van der Waals surface area contributed by atoms with Gasteiger partial charge >= 0.3 is 12.1 Å². The number of rotatable bonds is 6. The molecule has 0 spiro atoms. The van der Waals surface area contributed by atoms with E-state index in [1.807, 2.05) is 20.8 Å². The minimum absolute atomic E-state index is 0.113. The molecule has 0 aliphatic heterocycles. The number of benzene rings is 2. The lowest BCUT2D eigenvalue weighted by atomic mass is 9.81. The number of nitrogens with one attached hydrogen (secondary N) is 2. The van der Waals surface area contributed by atoms with E-state index in [0.29, 0.717) is 17.8 Å². The molecule has 180 valence electrons. The van der Waals surface area contributed by atoms with Crippen molar-refractivity contribution in [1.29, 1.82) is 0 Å². The Balaban J connectivity index is 1.69. The Morgan fingerprint density at radius 2 is 1.71 bits per heavy atom. The van der Waals surface area contributed by atoms with Crippen molar-refractivity contribution in [2.45, 2.75) is 26.7 Å². The van der Waals surface area contributed by atoms with Crippen LogP contribution < -0.4 is 16.4 Å². The second-order valence-electron chi connectivity index (χ2n) is 8.51. The summed E-state index contributed by atoms with van der Waals surface area (Å²) in [5, 5.41) is 5.42. The molecular weight excluding hydrogens is 469 g/mol. The van der Waals surface area contributed by atoms with Gasteiger partial charge in [0.05, 0.1) is 16.5 Å². The summed E-state index contributed by atoms with van der Waals surface area (Å²) in [5.41, 5.74) is 5.63. The highest BCUT2D eigenvalue weighted by Crippen LogP contribution is 2.39. The molecule has 1 aromatic heterocycles. The SMILES string of the molecule is CC(C)(C)C(COC(N)=O)c1ncc(-c2ccc(NC(=O)Nc3cc(F)c(F)cc3F)cc2)s1. The van der Waals surface area contributed by atoms with E-state index in [9.17, 15) is 22.8 Å². The van der Waals surface area contributed by atoms with Crippen molar-refractivity contribution in [3.63, 3.8) is 0 Å². The van der Waals surface area contributed by atoms with Crippen molar-refractivity contribution in [2.75, 3.05) is 17.2 Å². The summed E-state index contributed by atoms with van der Waals surface area (Å²) in [6, 6.07) is 6.89. The Bertz CT molecular complexity index is 1190. The molecule has 0 fully saturated rings. The summed E-state index contributed by atoms with van der Waals surface area (Å²) >= 11 is 1.45. The van der Waals surface area contributed by atoms with Gasteiger partial charge in [0.2, 0.25) is 0 Å². The average molecular weight is 493 g/mol. The van der Waals surface area contributed by atoms with Gasteiger partial charge in [-0.1, -0.05) is 32.9 Å². The topological polar surface area (TPSA) is 106 Å². The van der Waals surface area contributed by atoms with Gasteiger partial charge in [-0.05, 0) is 23.1 Å². The van der Waals surface area contributed by atoms with E-state index in [-0.39, 0.29) is 17.9 Å². The van der Waals surface area contributed by atoms with Gasteiger partial charge in [-0.2, -0.15) is 0 Å². The lowest BCUT2D eigenvalue weighted by molar-refractivity contribution is 0.125. The first-order valence-electron chi connectivity index (χ1n) is 10.1. The molecule has 3 rings (SSSR count). The Morgan fingerprint density at radius 1 is 1.06 bits per heavy atom. The summed E-state index contributed by atoms with van der Waals surface area (Å²) < 4.78 is 45.0. The number of aromatic nitrogens is 1. The lowest BCUT2D eigenvalue weighted by Crippen LogP contribution is -2.26. The molecule has 0 aliphatic rings. The molecule has 0 bridgehead atoms. The zero-order valence-corrected chi connectivity index (χ0v) is 19.4. The van der Waals surface area contributed by atoms with Gasteiger partial charge in [-0.15, -0.1) is 11.3 Å². The van der Waals surface area contributed by atoms with Gasteiger partial charge in [0, 0.05) is 24.0 Å². The van der Waals surface area contributed by atoms with E-state index in [0.717, 1.165) is 15.4 Å². The predicted octanol–water partition coefficient (Wildman–Crippen LogP) is 6.10. The van der Waals surface area contributed by atoms with E-state index in [4.69, 9.17) is 10.5 Å². The molecule has 3 amide bonds. The number of carbonyl (C=O) groups is 2. The van der Waals surface area contributed by atoms with Crippen LogP contribution in [0.1, 0.15) is 31.7 Å². The normalized spacial score (nSPS) is 12.2. The van der Waals surface area contributed by atoms with Crippen LogP contribution in [0.2, 0.25) is 0 Å². The van der Waals surface area contributed by atoms with Crippen molar-refractivity contribution in [3.8, 4) is 10.4 Å². The Morgan fingerprint density at radius 3 is 2.32 bits per heavy atom. The van der Waals surface area contributed by atoms with Crippen LogP contribution in [0.3, 0.4) is 0 Å². The van der Waals surface area contributed by atoms with Gasteiger partial charge in [-0.3, -0.25) is 0 Å². The molecule has 1 atom stereocenters. The number of primary amides is 1. The van der Waals surface area contributed by atoms with E-state index in [2.05, 4.69) is 15.6 Å². The second kappa shape index (κ2) is 10.1. The number of anilines is 2. The predicted molar refractivity (Wildman–Crippen MR) is 124 cm³/mol. The third kappa shape index (κ3) is 6.25. The van der Waals surface area contributed by atoms with E-state index in [1.54, 1.807) is 30.5 Å². The van der Waals surface area contributed by atoms with Gasteiger partial charge in [0.1, 0.15) is 17.4 Å². The van der Waals surface area contributed by atoms with Crippen LogP contribution in [0.25, 0.3) is 10.4 Å². The zero-order chi connectivity index (χ0) is 25.0. The number of urea groups is 1. The zero-order valence-electron chi connectivity index (χ0n) is 18.6. The standard InChI is InChI=1S/C23H23F3N4O3S/c1-23(2,3)14(11-33-21(27)31)20-28-10-19(34-20)12-4-6-13(7-5-12)29-22(32)30-18-9-16(25)15(24)8-17(18)26/h4-10,14H,11H2,1-3H3,(H2,27,31)(H2,29,30,32). The molecule has 11 heteroatoms. The maximum absolute atomic E-state index is 13.7. The smallest absolute Gasteiger partial charge is 0.404 e. The number of hydrogen-bond acceptors (Lipinski definition) is 5. The number of amides is 3. The fourth-order valence-corrected chi connectivity index (χ4v) is 4.31. The number of hydrogen-bond donors (Lipinski definition) is 3. The highest BCUT2D eigenvalue weighted by molar-refractivity contribution is 7.15. The number of nitrogens with two attached hydrogens (primary N) is 1. The van der Waals surface area contributed by atoms with Gasteiger partial charge < -0.3 is 21.1 Å². The minimum Gasteiger partial charge on any atom is -0.449 e. The second-order valence-corrected chi connectivity index (χ2v) is 9.58. The molecule has 0 saturated heterocycles. The van der Waals surface area contributed by atoms with Crippen LogP contribution in [0.5, 0.6) is 0 Å². The van der Waals surface area contributed by atoms with E-state index in [1.165, 1.54) is 11.3 Å². The molecule has 3 aromatic rings. The first-order chi connectivity index (χ1) is 15.9. The Hall–Kier alpha value is -3.60. The van der Waals surface area contributed by atoms with Crippen molar-refractivity contribution in [1.82, 2.24) is 4.98 Å². The van der Waals surface area contributed by atoms with Crippen molar-refractivity contribution in [2.24, 2.45) is 11.1 Å². The number of halogens is 3. The summed E-state index contributed by atoms with van der Waals surface area (Å²) in [4.78, 5) is 28.5. The molecular formula is C23H23F3N4O3S. The van der Waals surface area contributed by atoms with Crippen LogP contribution in [0.15, 0.2) is 42.6 Å². The highest BCUT2D eigenvalue weighted by atomic mass is 32.1. The van der Waals surface area contributed by atoms with Crippen molar-refractivity contribution < 1.29 is 27.5 Å². The van der Waals surface area contributed by atoms with Crippen LogP contribution in [-0.4, -0.2) is 23.7 Å². The summed E-state index contributed by atoms with van der Waals surface area (Å²) in [5.74, 6) is -3.88. The van der Waals surface area contributed by atoms with E-state index >= 15 is 0 Å². The molecule has 1 heterocycles.